The maximum absolute atomic E-state index is 12.6. The number of hydrogen-bond donors (Lipinski definition) is 1. The lowest BCUT2D eigenvalue weighted by atomic mass is 10.0. The van der Waals surface area contributed by atoms with E-state index in [2.05, 4.69) is 5.32 Å². The number of rotatable bonds is 4. The van der Waals surface area contributed by atoms with Gasteiger partial charge in [-0.2, -0.15) is 0 Å². The predicted molar refractivity (Wildman–Crippen MR) is 101 cm³/mol. The number of nitrogens with zero attached hydrogens (tertiary/aromatic N) is 1. The van der Waals surface area contributed by atoms with Crippen molar-refractivity contribution in [3.8, 4) is 0 Å². The SMILES string of the molecule is Cc1ccc(C(=O)Nc2cc(S(=O)(=O)N(C)C)cc(C)c2C)c(C)c1. The third kappa shape index (κ3) is 3.91. The fourth-order valence-corrected chi connectivity index (χ4v) is 3.59. The van der Waals surface area contributed by atoms with Crippen molar-refractivity contribution >= 4 is 21.6 Å². The number of carbonyl (C=O) groups excluding carboxylic acids is 1. The smallest absolute Gasteiger partial charge is 0.255 e. The summed E-state index contributed by atoms with van der Waals surface area (Å²) in [5.41, 5.74) is 4.69. The van der Waals surface area contributed by atoms with Crippen molar-refractivity contribution in [2.24, 2.45) is 0 Å². The number of hydrogen-bond acceptors (Lipinski definition) is 3. The molecule has 0 aliphatic carbocycles. The van der Waals surface area contributed by atoms with Crippen LogP contribution in [-0.2, 0) is 10.0 Å². The minimum Gasteiger partial charge on any atom is -0.322 e. The summed E-state index contributed by atoms with van der Waals surface area (Å²) in [6.07, 6.45) is 0. The summed E-state index contributed by atoms with van der Waals surface area (Å²) in [6, 6.07) is 8.74. The summed E-state index contributed by atoms with van der Waals surface area (Å²) < 4.78 is 26.0. The van der Waals surface area contributed by atoms with Crippen LogP contribution in [-0.4, -0.2) is 32.7 Å². The Morgan fingerprint density at radius 1 is 0.960 bits per heavy atom. The van der Waals surface area contributed by atoms with Crippen LogP contribution < -0.4 is 5.32 Å². The Morgan fingerprint density at radius 2 is 1.60 bits per heavy atom. The van der Waals surface area contributed by atoms with Gasteiger partial charge in [-0.05, 0) is 62.6 Å². The second-order valence-corrected chi connectivity index (χ2v) is 8.62. The fourth-order valence-electron chi connectivity index (χ4n) is 2.57. The first kappa shape index (κ1) is 19.1. The van der Waals surface area contributed by atoms with Crippen molar-refractivity contribution in [2.45, 2.75) is 32.6 Å². The minimum absolute atomic E-state index is 0.163. The highest BCUT2D eigenvalue weighted by Crippen LogP contribution is 2.26. The van der Waals surface area contributed by atoms with E-state index in [-0.39, 0.29) is 10.8 Å². The molecule has 0 aromatic heterocycles. The number of amides is 1. The second kappa shape index (κ2) is 6.98. The molecule has 5 nitrogen and oxygen atoms in total. The van der Waals surface area contributed by atoms with Crippen molar-refractivity contribution < 1.29 is 13.2 Å². The number of nitrogens with one attached hydrogen (secondary N) is 1. The third-order valence-corrected chi connectivity index (χ3v) is 6.09. The Bertz CT molecular complexity index is 932. The summed E-state index contributed by atoms with van der Waals surface area (Å²) in [5.74, 6) is -0.251. The predicted octanol–water partition coefficient (Wildman–Crippen LogP) is 3.42. The molecule has 6 heteroatoms. The topological polar surface area (TPSA) is 66.5 Å². The molecule has 1 N–H and O–H groups in total. The minimum atomic E-state index is -3.57. The molecule has 0 unspecified atom stereocenters. The van der Waals surface area contributed by atoms with E-state index in [1.54, 1.807) is 12.1 Å². The molecule has 0 bridgehead atoms. The Balaban J connectivity index is 2.46. The molecule has 2 rings (SSSR count). The molecule has 0 fully saturated rings. The Morgan fingerprint density at radius 3 is 2.16 bits per heavy atom. The molecule has 0 saturated heterocycles. The molecule has 2 aromatic rings. The number of aryl methyl sites for hydroxylation is 3. The fraction of sp³-hybridized carbons (Fsp3) is 0.316. The van der Waals surface area contributed by atoms with E-state index in [1.165, 1.54) is 20.2 Å². The normalized spacial score (nSPS) is 11.6. The van der Waals surface area contributed by atoms with Gasteiger partial charge in [-0.1, -0.05) is 17.7 Å². The van der Waals surface area contributed by atoms with Gasteiger partial charge < -0.3 is 5.32 Å². The largest absolute Gasteiger partial charge is 0.322 e. The molecule has 0 heterocycles. The first-order valence-electron chi connectivity index (χ1n) is 7.96. The zero-order valence-electron chi connectivity index (χ0n) is 15.5. The molecule has 0 aliphatic heterocycles. The summed E-state index contributed by atoms with van der Waals surface area (Å²) >= 11 is 0. The summed E-state index contributed by atoms with van der Waals surface area (Å²) in [7, 11) is -0.602. The first-order valence-corrected chi connectivity index (χ1v) is 9.40. The molecule has 1 amide bonds. The van der Waals surface area contributed by atoms with E-state index in [9.17, 15) is 13.2 Å². The van der Waals surface area contributed by atoms with Gasteiger partial charge in [0, 0.05) is 25.3 Å². The van der Waals surface area contributed by atoms with Gasteiger partial charge in [-0.3, -0.25) is 4.79 Å². The van der Waals surface area contributed by atoms with Crippen molar-refractivity contribution in [1.82, 2.24) is 4.31 Å². The average Bonchev–Trinajstić information content (AvgIpc) is 2.51. The maximum Gasteiger partial charge on any atom is 0.255 e. The van der Waals surface area contributed by atoms with Crippen LogP contribution in [0.4, 0.5) is 5.69 Å². The molecule has 134 valence electrons. The van der Waals surface area contributed by atoms with Gasteiger partial charge in [-0.25, -0.2) is 12.7 Å². The number of sulfonamides is 1. The highest BCUT2D eigenvalue weighted by atomic mass is 32.2. The van der Waals surface area contributed by atoms with Crippen LogP contribution in [0.15, 0.2) is 35.2 Å². The summed E-state index contributed by atoms with van der Waals surface area (Å²) in [6.45, 7) is 7.54. The van der Waals surface area contributed by atoms with E-state index >= 15 is 0 Å². The van der Waals surface area contributed by atoms with Crippen LogP contribution in [0, 0.1) is 27.7 Å². The highest BCUT2D eigenvalue weighted by Gasteiger charge is 2.20. The Labute approximate surface area is 149 Å². The van der Waals surface area contributed by atoms with E-state index in [0.29, 0.717) is 11.3 Å². The monoisotopic (exact) mass is 360 g/mol. The molecule has 0 saturated carbocycles. The van der Waals surface area contributed by atoms with Crippen molar-refractivity contribution in [1.29, 1.82) is 0 Å². The van der Waals surface area contributed by atoms with E-state index < -0.39 is 10.0 Å². The van der Waals surface area contributed by atoms with Gasteiger partial charge in [0.2, 0.25) is 10.0 Å². The molecule has 25 heavy (non-hydrogen) atoms. The zero-order chi connectivity index (χ0) is 18.9. The van der Waals surface area contributed by atoms with Gasteiger partial charge in [0.1, 0.15) is 0 Å². The van der Waals surface area contributed by atoms with Crippen molar-refractivity contribution in [3.63, 3.8) is 0 Å². The third-order valence-electron chi connectivity index (χ3n) is 4.29. The molecule has 0 spiro atoms. The summed E-state index contributed by atoms with van der Waals surface area (Å²) in [5, 5.41) is 2.86. The quantitative estimate of drug-likeness (QED) is 0.908. The van der Waals surface area contributed by atoms with Gasteiger partial charge in [0.25, 0.3) is 5.91 Å². The number of benzene rings is 2. The van der Waals surface area contributed by atoms with Gasteiger partial charge in [0.15, 0.2) is 0 Å². The van der Waals surface area contributed by atoms with E-state index in [1.807, 2.05) is 39.8 Å². The lowest BCUT2D eigenvalue weighted by molar-refractivity contribution is 0.102. The molecule has 2 aromatic carbocycles. The molecule has 0 aliphatic rings. The number of carbonyl (C=O) groups is 1. The molecule has 0 radical (unpaired) electrons. The van der Waals surface area contributed by atoms with Gasteiger partial charge in [0.05, 0.1) is 4.90 Å². The molecule has 0 atom stereocenters. The first-order chi connectivity index (χ1) is 11.5. The maximum atomic E-state index is 12.6. The van der Waals surface area contributed by atoms with Crippen LogP contribution in [0.2, 0.25) is 0 Å². The Hall–Kier alpha value is -2.18. The van der Waals surface area contributed by atoms with Crippen molar-refractivity contribution in [3.05, 3.63) is 58.1 Å². The van der Waals surface area contributed by atoms with Crippen LogP contribution in [0.3, 0.4) is 0 Å². The average molecular weight is 360 g/mol. The van der Waals surface area contributed by atoms with Gasteiger partial charge >= 0.3 is 0 Å². The zero-order valence-corrected chi connectivity index (χ0v) is 16.3. The lowest BCUT2D eigenvalue weighted by Crippen LogP contribution is -2.23. The highest BCUT2D eigenvalue weighted by molar-refractivity contribution is 7.89. The molecular weight excluding hydrogens is 336 g/mol. The summed E-state index contributed by atoms with van der Waals surface area (Å²) in [4.78, 5) is 12.8. The lowest BCUT2D eigenvalue weighted by Gasteiger charge is -2.17. The van der Waals surface area contributed by atoms with Crippen molar-refractivity contribution in [2.75, 3.05) is 19.4 Å². The second-order valence-electron chi connectivity index (χ2n) is 6.47. The van der Waals surface area contributed by atoms with Crippen LogP contribution >= 0.6 is 0 Å². The number of anilines is 1. The van der Waals surface area contributed by atoms with Crippen LogP contribution in [0.1, 0.15) is 32.6 Å². The van der Waals surface area contributed by atoms with Gasteiger partial charge in [-0.15, -0.1) is 0 Å². The van der Waals surface area contributed by atoms with Crippen LogP contribution in [0.25, 0.3) is 0 Å². The van der Waals surface area contributed by atoms with Crippen LogP contribution in [0.5, 0.6) is 0 Å². The standard InChI is InChI=1S/C19H24N2O3S/c1-12-7-8-17(14(3)9-12)19(22)20-18-11-16(10-13(2)15(18)4)25(23,24)21(5)6/h7-11H,1-6H3,(H,20,22). The van der Waals surface area contributed by atoms with E-state index in [4.69, 9.17) is 0 Å². The molecular formula is C19H24N2O3S. The Kier molecular flexibility index (Phi) is 5.34. The van der Waals surface area contributed by atoms with E-state index in [0.717, 1.165) is 26.6 Å².